The van der Waals surface area contributed by atoms with Crippen molar-refractivity contribution in [3.05, 3.63) is 11.8 Å². The number of hydrogen-bond acceptors (Lipinski definition) is 3. The largest absolute Gasteiger partial charge is 0.502 e. The molecule has 0 aliphatic carbocycles. The van der Waals surface area contributed by atoms with Crippen molar-refractivity contribution in [2.45, 2.75) is 32.6 Å². The number of carbonyl (C=O) groups is 1. The lowest BCUT2D eigenvalue weighted by Gasteiger charge is -1.96. The van der Waals surface area contributed by atoms with Crippen LogP contribution >= 0.6 is 0 Å². The van der Waals surface area contributed by atoms with Crippen LogP contribution in [-0.4, -0.2) is 18.2 Å². The molecule has 0 amide bonds. The van der Waals surface area contributed by atoms with Gasteiger partial charge in [-0.15, -0.1) is 0 Å². The predicted molar refractivity (Wildman–Crippen MR) is 46.9 cm³/mol. The monoisotopic (exact) mass is 172 g/mol. The number of carbonyl (C=O) groups excluding carboxylic acids is 1. The third-order valence-electron chi connectivity index (χ3n) is 1.54. The van der Waals surface area contributed by atoms with Crippen LogP contribution < -0.4 is 0 Å². The van der Waals surface area contributed by atoms with Crippen molar-refractivity contribution in [2.75, 3.05) is 7.11 Å². The fourth-order valence-corrected chi connectivity index (χ4v) is 0.821. The van der Waals surface area contributed by atoms with Crippen LogP contribution in [0.5, 0.6) is 0 Å². The van der Waals surface area contributed by atoms with Crippen molar-refractivity contribution in [3.8, 4) is 0 Å². The minimum absolute atomic E-state index is 0.284. The Balaban J connectivity index is 3.61. The van der Waals surface area contributed by atoms with Crippen molar-refractivity contribution in [3.63, 3.8) is 0 Å². The number of unbranched alkanes of at least 4 members (excludes halogenated alkanes) is 3. The first kappa shape index (κ1) is 11.0. The van der Waals surface area contributed by atoms with Crippen molar-refractivity contribution < 1.29 is 14.6 Å². The minimum atomic E-state index is -0.661. The fraction of sp³-hybridized carbons (Fsp3) is 0.667. The van der Waals surface area contributed by atoms with Gasteiger partial charge < -0.3 is 9.84 Å². The van der Waals surface area contributed by atoms with Crippen LogP contribution in [0.1, 0.15) is 32.6 Å². The number of aliphatic hydroxyl groups excluding tert-OH is 1. The van der Waals surface area contributed by atoms with E-state index in [0.717, 1.165) is 25.7 Å². The maximum absolute atomic E-state index is 10.6. The smallest absolute Gasteiger partial charge is 0.372 e. The summed E-state index contributed by atoms with van der Waals surface area (Å²) in [6.07, 6.45) is 5.48. The highest BCUT2D eigenvalue weighted by Gasteiger charge is 2.04. The Morgan fingerprint density at radius 1 is 1.50 bits per heavy atom. The molecule has 0 aromatic rings. The van der Waals surface area contributed by atoms with Crippen molar-refractivity contribution >= 4 is 5.97 Å². The van der Waals surface area contributed by atoms with E-state index in [1.165, 1.54) is 13.2 Å². The lowest BCUT2D eigenvalue weighted by Crippen LogP contribution is -2.03. The van der Waals surface area contributed by atoms with Gasteiger partial charge in [-0.1, -0.05) is 19.8 Å². The fourth-order valence-electron chi connectivity index (χ4n) is 0.821. The van der Waals surface area contributed by atoms with Crippen molar-refractivity contribution in [1.82, 2.24) is 0 Å². The molecule has 12 heavy (non-hydrogen) atoms. The van der Waals surface area contributed by atoms with Gasteiger partial charge in [0, 0.05) is 0 Å². The second-order valence-corrected chi connectivity index (χ2v) is 2.58. The first-order valence-corrected chi connectivity index (χ1v) is 4.19. The quantitative estimate of drug-likeness (QED) is 0.299. The summed E-state index contributed by atoms with van der Waals surface area (Å²) in [7, 11) is 1.25. The molecule has 0 aromatic carbocycles. The van der Waals surface area contributed by atoms with Gasteiger partial charge in [0.25, 0.3) is 0 Å². The zero-order valence-electron chi connectivity index (χ0n) is 7.67. The highest BCUT2D eigenvalue weighted by molar-refractivity contribution is 5.85. The molecule has 0 heterocycles. The average molecular weight is 172 g/mol. The summed E-state index contributed by atoms with van der Waals surface area (Å²) in [6, 6.07) is 0. The van der Waals surface area contributed by atoms with E-state index in [1.54, 1.807) is 0 Å². The summed E-state index contributed by atoms with van der Waals surface area (Å²) in [6.45, 7) is 2.10. The molecule has 0 radical (unpaired) electrons. The van der Waals surface area contributed by atoms with Gasteiger partial charge in [0.05, 0.1) is 7.11 Å². The molecule has 3 heteroatoms. The lowest BCUT2D eigenvalue weighted by molar-refractivity contribution is -0.139. The van der Waals surface area contributed by atoms with Gasteiger partial charge in [-0.3, -0.25) is 0 Å². The molecule has 0 saturated heterocycles. The van der Waals surface area contributed by atoms with E-state index in [4.69, 9.17) is 5.11 Å². The van der Waals surface area contributed by atoms with Crippen LogP contribution in [0.15, 0.2) is 11.8 Å². The maximum Gasteiger partial charge on any atom is 0.372 e. The topological polar surface area (TPSA) is 46.5 Å². The molecule has 0 atom stereocenters. The Bertz CT molecular complexity index is 161. The SMILES string of the molecule is CCCCCC=C(O)C(=O)OC. The second kappa shape index (κ2) is 6.70. The first-order chi connectivity index (χ1) is 5.72. The first-order valence-electron chi connectivity index (χ1n) is 4.19. The molecule has 0 spiro atoms. The van der Waals surface area contributed by atoms with E-state index in [-0.39, 0.29) is 5.76 Å². The van der Waals surface area contributed by atoms with Crippen LogP contribution in [0, 0.1) is 0 Å². The molecule has 0 fully saturated rings. The minimum Gasteiger partial charge on any atom is -0.502 e. The molecular weight excluding hydrogens is 156 g/mol. The predicted octanol–water partition coefficient (Wildman–Crippen LogP) is 2.18. The average Bonchev–Trinajstić information content (AvgIpc) is 2.10. The van der Waals surface area contributed by atoms with Gasteiger partial charge >= 0.3 is 5.97 Å². The zero-order valence-corrected chi connectivity index (χ0v) is 7.67. The Hall–Kier alpha value is -0.990. The molecule has 0 rings (SSSR count). The highest BCUT2D eigenvalue weighted by Crippen LogP contribution is 2.02. The Morgan fingerprint density at radius 2 is 2.17 bits per heavy atom. The molecule has 0 aromatic heterocycles. The molecule has 0 aliphatic heterocycles. The standard InChI is InChI=1S/C9H16O3/c1-3-4-5-6-7-8(10)9(11)12-2/h7,10H,3-6H2,1-2H3. The summed E-state index contributed by atoms with van der Waals surface area (Å²) in [5.41, 5.74) is 0. The Morgan fingerprint density at radius 3 is 2.67 bits per heavy atom. The maximum atomic E-state index is 10.6. The Kier molecular flexibility index (Phi) is 6.15. The van der Waals surface area contributed by atoms with Gasteiger partial charge in [0.1, 0.15) is 0 Å². The van der Waals surface area contributed by atoms with Crippen LogP contribution in [-0.2, 0) is 9.53 Å². The number of ether oxygens (including phenoxy) is 1. The van der Waals surface area contributed by atoms with E-state index in [1.807, 2.05) is 0 Å². The number of aliphatic hydroxyl groups is 1. The normalized spacial score (nSPS) is 11.3. The lowest BCUT2D eigenvalue weighted by atomic mass is 10.2. The number of hydrogen-bond donors (Lipinski definition) is 1. The molecule has 3 nitrogen and oxygen atoms in total. The number of allylic oxidation sites excluding steroid dienone is 1. The summed E-state index contributed by atoms with van der Waals surface area (Å²) in [5, 5.41) is 9.00. The molecule has 0 bridgehead atoms. The van der Waals surface area contributed by atoms with E-state index in [0.29, 0.717) is 0 Å². The van der Waals surface area contributed by atoms with E-state index in [9.17, 15) is 4.79 Å². The van der Waals surface area contributed by atoms with Gasteiger partial charge in [0.2, 0.25) is 0 Å². The molecule has 0 unspecified atom stereocenters. The number of rotatable bonds is 5. The van der Waals surface area contributed by atoms with Crippen LogP contribution in [0.25, 0.3) is 0 Å². The third kappa shape index (κ3) is 4.77. The molecular formula is C9H16O3. The zero-order chi connectivity index (χ0) is 9.40. The molecule has 1 N–H and O–H groups in total. The van der Waals surface area contributed by atoms with Gasteiger partial charge in [0.15, 0.2) is 5.76 Å². The Labute approximate surface area is 73.0 Å². The van der Waals surface area contributed by atoms with Crippen molar-refractivity contribution in [2.24, 2.45) is 0 Å². The van der Waals surface area contributed by atoms with Crippen molar-refractivity contribution in [1.29, 1.82) is 0 Å². The number of esters is 1. The number of methoxy groups -OCH3 is 1. The van der Waals surface area contributed by atoms with E-state index in [2.05, 4.69) is 11.7 Å². The van der Waals surface area contributed by atoms with E-state index >= 15 is 0 Å². The molecule has 0 saturated carbocycles. The molecule has 70 valence electrons. The van der Waals surface area contributed by atoms with E-state index < -0.39 is 5.97 Å². The summed E-state index contributed by atoms with van der Waals surface area (Å²) in [5.74, 6) is -0.944. The highest BCUT2D eigenvalue weighted by atomic mass is 16.5. The summed E-state index contributed by atoms with van der Waals surface area (Å²) >= 11 is 0. The van der Waals surface area contributed by atoms with Crippen LogP contribution in [0.3, 0.4) is 0 Å². The van der Waals surface area contributed by atoms with Crippen LogP contribution in [0.4, 0.5) is 0 Å². The third-order valence-corrected chi connectivity index (χ3v) is 1.54. The van der Waals surface area contributed by atoms with Gasteiger partial charge in [-0.05, 0) is 18.9 Å². The van der Waals surface area contributed by atoms with Gasteiger partial charge in [-0.25, -0.2) is 4.79 Å². The molecule has 0 aliphatic rings. The summed E-state index contributed by atoms with van der Waals surface area (Å²) < 4.78 is 4.31. The van der Waals surface area contributed by atoms with Crippen LogP contribution in [0.2, 0.25) is 0 Å². The summed E-state index contributed by atoms with van der Waals surface area (Å²) in [4.78, 5) is 10.6. The van der Waals surface area contributed by atoms with Gasteiger partial charge in [-0.2, -0.15) is 0 Å². The second-order valence-electron chi connectivity index (χ2n) is 2.58.